The summed E-state index contributed by atoms with van der Waals surface area (Å²) in [5.41, 5.74) is 0.586. The van der Waals surface area contributed by atoms with E-state index in [9.17, 15) is 14.3 Å². The molecule has 1 atom stereocenters. The molecule has 0 spiro atoms. The van der Waals surface area contributed by atoms with Crippen molar-refractivity contribution >= 4 is 5.97 Å². The zero-order valence-corrected chi connectivity index (χ0v) is 12.8. The van der Waals surface area contributed by atoms with Gasteiger partial charge in [-0.1, -0.05) is 31.4 Å². The van der Waals surface area contributed by atoms with Crippen LogP contribution in [0.4, 0.5) is 4.39 Å². The lowest BCUT2D eigenvalue weighted by Gasteiger charge is -2.47. The fourth-order valence-electron chi connectivity index (χ4n) is 3.55. The smallest absolute Gasteiger partial charge is 0.305 e. The van der Waals surface area contributed by atoms with Crippen molar-refractivity contribution in [2.45, 2.75) is 57.0 Å². The van der Waals surface area contributed by atoms with Gasteiger partial charge >= 0.3 is 5.97 Å². The molecule has 1 unspecified atom stereocenters. The Balaban J connectivity index is 2.24. The first-order valence-corrected chi connectivity index (χ1v) is 7.65. The van der Waals surface area contributed by atoms with Crippen LogP contribution < -0.4 is 0 Å². The molecule has 1 saturated carbocycles. The molecule has 0 aromatic heterocycles. The monoisotopic (exact) mass is 293 g/mol. The topological polar surface area (TPSA) is 40.5 Å². The lowest BCUT2D eigenvalue weighted by atomic mass is 9.77. The van der Waals surface area contributed by atoms with Gasteiger partial charge in [-0.25, -0.2) is 4.39 Å². The van der Waals surface area contributed by atoms with Gasteiger partial charge in [-0.05, 0) is 44.5 Å². The molecule has 1 aliphatic rings. The Morgan fingerprint density at radius 2 is 2.05 bits per heavy atom. The van der Waals surface area contributed by atoms with Crippen molar-refractivity contribution in [3.05, 3.63) is 35.6 Å². The highest BCUT2D eigenvalue weighted by molar-refractivity contribution is 5.68. The number of hydrogen-bond acceptors (Lipinski definition) is 2. The molecule has 116 valence electrons. The van der Waals surface area contributed by atoms with Gasteiger partial charge in [0.25, 0.3) is 0 Å². The number of benzene rings is 1. The largest absolute Gasteiger partial charge is 0.481 e. The Morgan fingerprint density at radius 3 is 2.62 bits per heavy atom. The van der Waals surface area contributed by atoms with Gasteiger partial charge in [0.2, 0.25) is 0 Å². The number of halogens is 1. The molecule has 0 heterocycles. The molecule has 1 aliphatic carbocycles. The van der Waals surface area contributed by atoms with Crippen LogP contribution in [-0.4, -0.2) is 28.6 Å². The summed E-state index contributed by atoms with van der Waals surface area (Å²) in [4.78, 5) is 13.5. The highest BCUT2D eigenvalue weighted by Crippen LogP contribution is 2.40. The second-order valence-electron chi connectivity index (χ2n) is 6.20. The molecule has 1 fully saturated rings. The van der Waals surface area contributed by atoms with E-state index in [-0.39, 0.29) is 23.8 Å². The summed E-state index contributed by atoms with van der Waals surface area (Å²) in [6.45, 7) is 2.02. The molecular formula is C17H24FNO2. The predicted molar refractivity (Wildman–Crippen MR) is 80.6 cm³/mol. The summed E-state index contributed by atoms with van der Waals surface area (Å²) in [6, 6.07) is 6.59. The number of aliphatic carboxylic acids is 1. The van der Waals surface area contributed by atoms with E-state index in [2.05, 4.69) is 4.90 Å². The summed E-state index contributed by atoms with van der Waals surface area (Å²) in [7, 11) is 1.98. The maximum Gasteiger partial charge on any atom is 0.305 e. The van der Waals surface area contributed by atoms with Crippen molar-refractivity contribution < 1.29 is 14.3 Å². The van der Waals surface area contributed by atoms with E-state index in [1.54, 1.807) is 12.1 Å². The second kappa shape index (κ2) is 6.56. The highest BCUT2D eigenvalue weighted by Gasteiger charge is 2.40. The van der Waals surface area contributed by atoms with Crippen molar-refractivity contribution in [2.75, 3.05) is 7.05 Å². The summed E-state index contributed by atoms with van der Waals surface area (Å²) in [5.74, 6) is -1.00. The third-order valence-electron chi connectivity index (χ3n) is 4.92. The molecule has 2 rings (SSSR count). The van der Waals surface area contributed by atoms with Crippen molar-refractivity contribution in [1.82, 2.24) is 4.90 Å². The summed E-state index contributed by atoms with van der Waals surface area (Å²) in [5, 5.41) is 9.29. The van der Waals surface area contributed by atoms with Crippen LogP contribution in [0.25, 0.3) is 0 Å². The normalized spacial score (nSPS) is 19.4. The van der Waals surface area contributed by atoms with Crippen LogP contribution in [0.5, 0.6) is 0 Å². The Labute approximate surface area is 125 Å². The number of carbonyl (C=O) groups is 1. The molecular weight excluding hydrogens is 269 g/mol. The maximum absolute atomic E-state index is 13.4. The molecule has 21 heavy (non-hydrogen) atoms. The number of hydrogen-bond donors (Lipinski definition) is 1. The van der Waals surface area contributed by atoms with Crippen LogP contribution in [-0.2, 0) is 4.79 Å². The zero-order chi connectivity index (χ0) is 15.5. The van der Waals surface area contributed by atoms with Gasteiger partial charge in [0, 0.05) is 11.6 Å². The Morgan fingerprint density at radius 1 is 1.38 bits per heavy atom. The SMILES string of the molecule is CC(c1cccc(F)c1)N(C)C1(CC(=O)O)CCCCC1. The van der Waals surface area contributed by atoms with Gasteiger partial charge in [-0.3, -0.25) is 9.69 Å². The van der Waals surface area contributed by atoms with Crippen LogP contribution >= 0.6 is 0 Å². The first-order valence-electron chi connectivity index (χ1n) is 7.65. The van der Waals surface area contributed by atoms with E-state index in [1.165, 1.54) is 12.5 Å². The summed E-state index contributed by atoms with van der Waals surface area (Å²) < 4.78 is 13.4. The standard InChI is InChI=1S/C17H24FNO2/c1-13(14-7-6-8-15(18)11-14)19(2)17(12-16(20)21)9-4-3-5-10-17/h6-8,11,13H,3-5,9-10,12H2,1-2H3,(H,20,21). The molecule has 0 radical (unpaired) electrons. The van der Waals surface area contributed by atoms with Gasteiger partial charge in [0.1, 0.15) is 5.82 Å². The van der Waals surface area contributed by atoms with E-state index < -0.39 is 5.97 Å². The maximum atomic E-state index is 13.4. The molecule has 0 amide bonds. The summed E-state index contributed by atoms with van der Waals surface area (Å²) >= 11 is 0. The van der Waals surface area contributed by atoms with E-state index in [1.807, 2.05) is 20.0 Å². The molecule has 0 saturated heterocycles. The predicted octanol–water partition coefficient (Wildman–Crippen LogP) is 4.00. The molecule has 0 aliphatic heterocycles. The lowest BCUT2D eigenvalue weighted by molar-refractivity contribution is -0.141. The van der Waals surface area contributed by atoms with Crippen molar-refractivity contribution in [3.63, 3.8) is 0 Å². The number of rotatable bonds is 5. The first kappa shape index (κ1) is 16.0. The van der Waals surface area contributed by atoms with Gasteiger partial charge < -0.3 is 5.11 Å². The van der Waals surface area contributed by atoms with E-state index >= 15 is 0 Å². The van der Waals surface area contributed by atoms with E-state index in [0.717, 1.165) is 31.2 Å². The van der Waals surface area contributed by atoms with Crippen LogP contribution in [0.3, 0.4) is 0 Å². The Bertz CT molecular complexity index is 497. The Kier molecular flexibility index (Phi) is 4.99. The fourth-order valence-corrected chi connectivity index (χ4v) is 3.55. The van der Waals surface area contributed by atoms with Crippen molar-refractivity contribution in [1.29, 1.82) is 0 Å². The second-order valence-corrected chi connectivity index (χ2v) is 6.20. The molecule has 1 N–H and O–H groups in total. The molecule has 3 nitrogen and oxygen atoms in total. The van der Waals surface area contributed by atoms with Crippen LogP contribution in [0.2, 0.25) is 0 Å². The van der Waals surface area contributed by atoms with E-state index in [0.29, 0.717) is 0 Å². The van der Waals surface area contributed by atoms with Gasteiger partial charge in [0.05, 0.1) is 6.42 Å². The number of carboxylic acid groups (broad SMARTS) is 1. The third-order valence-corrected chi connectivity index (χ3v) is 4.92. The van der Waals surface area contributed by atoms with Crippen LogP contribution in [0, 0.1) is 5.82 Å². The van der Waals surface area contributed by atoms with E-state index in [4.69, 9.17) is 0 Å². The minimum Gasteiger partial charge on any atom is -0.481 e. The van der Waals surface area contributed by atoms with Gasteiger partial charge in [0.15, 0.2) is 0 Å². The highest BCUT2D eigenvalue weighted by atomic mass is 19.1. The van der Waals surface area contributed by atoms with Gasteiger partial charge in [-0.2, -0.15) is 0 Å². The molecule has 1 aromatic rings. The van der Waals surface area contributed by atoms with Crippen LogP contribution in [0.1, 0.15) is 57.1 Å². The Hall–Kier alpha value is -1.42. The number of carboxylic acids is 1. The average Bonchev–Trinajstić information content (AvgIpc) is 2.46. The number of nitrogens with zero attached hydrogens (tertiary/aromatic N) is 1. The van der Waals surface area contributed by atoms with Crippen molar-refractivity contribution in [2.24, 2.45) is 0 Å². The fraction of sp³-hybridized carbons (Fsp3) is 0.588. The summed E-state index contributed by atoms with van der Waals surface area (Å²) in [6.07, 6.45) is 5.25. The van der Waals surface area contributed by atoms with Crippen molar-refractivity contribution in [3.8, 4) is 0 Å². The lowest BCUT2D eigenvalue weighted by Crippen LogP contribution is -2.50. The van der Waals surface area contributed by atoms with Crippen LogP contribution in [0.15, 0.2) is 24.3 Å². The van der Waals surface area contributed by atoms with Gasteiger partial charge in [-0.15, -0.1) is 0 Å². The third kappa shape index (κ3) is 3.62. The zero-order valence-electron chi connectivity index (χ0n) is 12.8. The quantitative estimate of drug-likeness (QED) is 0.892. The average molecular weight is 293 g/mol. The minimum absolute atomic E-state index is 0.00171. The molecule has 0 bridgehead atoms. The minimum atomic E-state index is -0.754. The molecule has 1 aromatic carbocycles. The first-order chi connectivity index (χ1) is 9.94. The molecule has 4 heteroatoms.